The molecule has 73 heavy (non-hydrogen) atoms. The van der Waals surface area contributed by atoms with E-state index >= 15 is 0 Å². The second-order valence-electron chi connectivity index (χ2n) is 22.7. The molecule has 0 aliphatic heterocycles. The molecule has 0 amide bonds. The van der Waals surface area contributed by atoms with Crippen molar-refractivity contribution in [1.82, 2.24) is 0 Å². The molecule has 0 N–H and O–H groups in total. The molecule has 0 saturated heterocycles. The maximum Gasteiger partial charge on any atom is 0.306 e. The molecule has 0 fully saturated rings. The van der Waals surface area contributed by atoms with Crippen molar-refractivity contribution in [3.8, 4) is 0 Å². The van der Waals surface area contributed by atoms with E-state index < -0.39 is 24.3 Å². The zero-order valence-corrected chi connectivity index (χ0v) is 49.0. The van der Waals surface area contributed by atoms with Crippen LogP contribution < -0.4 is 5.11 Å². The molecule has 0 saturated carbocycles. The third-order valence-corrected chi connectivity index (χ3v) is 14.2. The Morgan fingerprint density at radius 2 is 0.740 bits per heavy atom. The van der Waals surface area contributed by atoms with Gasteiger partial charge in [-0.25, -0.2) is 0 Å². The Morgan fingerprint density at radius 3 is 1.08 bits per heavy atom. The number of esters is 2. The van der Waals surface area contributed by atoms with Crippen LogP contribution in [0.5, 0.6) is 0 Å². The van der Waals surface area contributed by atoms with Crippen molar-refractivity contribution < 1.29 is 42.9 Å². The van der Waals surface area contributed by atoms with Gasteiger partial charge in [-0.3, -0.25) is 9.59 Å². The fourth-order valence-electron chi connectivity index (χ4n) is 9.33. The first-order valence-electron chi connectivity index (χ1n) is 31.5. The number of quaternary nitrogens is 1. The van der Waals surface area contributed by atoms with E-state index in [1.54, 1.807) is 0 Å². The van der Waals surface area contributed by atoms with Crippen molar-refractivity contribution in [2.45, 2.75) is 322 Å². The minimum absolute atomic E-state index is 0.151. The van der Waals surface area contributed by atoms with E-state index in [1.165, 1.54) is 238 Å². The van der Waals surface area contributed by atoms with Crippen LogP contribution in [0.15, 0.2) is 24.3 Å². The van der Waals surface area contributed by atoms with Gasteiger partial charge in [0, 0.05) is 12.8 Å². The largest absolute Gasteiger partial charge is 0.545 e. The average molecular weight is 1030 g/mol. The number of unbranched alkanes of at least 4 members (excludes halogenated alkanes) is 40. The molecule has 0 bridgehead atoms. The van der Waals surface area contributed by atoms with E-state index in [1.807, 2.05) is 21.1 Å². The first-order chi connectivity index (χ1) is 35.6. The van der Waals surface area contributed by atoms with Crippen molar-refractivity contribution in [2.24, 2.45) is 0 Å². The molecular weight excluding hydrogens is 911 g/mol. The monoisotopic (exact) mass is 1030 g/mol. The highest BCUT2D eigenvalue weighted by Crippen LogP contribution is 2.18. The standard InChI is InChI=1S/C64H121NO8/c1-6-8-10-12-14-16-18-20-22-24-26-27-28-29-30-31-32-33-34-35-37-39-41-43-45-47-49-51-53-55-62(67)73-60(59-72-64(63(68)69)70-57-56-65(3,4)5)58-71-61(66)54-52-50-48-46-44-42-40-38-36-25-23-21-19-17-15-13-11-9-7-2/h18,20,24,26,60,64H,6-17,19,21-23,25,27-59H2,1-5H3/b20-18-,26-24-. The molecule has 0 spiro atoms. The van der Waals surface area contributed by atoms with Crippen molar-refractivity contribution in [3.05, 3.63) is 24.3 Å². The molecule has 0 radical (unpaired) electrons. The summed E-state index contributed by atoms with van der Waals surface area (Å²) in [4.78, 5) is 37.3. The maximum atomic E-state index is 12.9. The van der Waals surface area contributed by atoms with E-state index in [9.17, 15) is 19.5 Å². The molecule has 0 aliphatic rings. The molecule has 0 aromatic heterocycles. The number of likely N-dealkylation sites (N-methyl/N-ethyl adjacent to an activating group) is 1. The highest BCUT2D eigenvalue weighted by molar-refractivity contribution is 5.70. The van der Waals surface area contributed by atoms with Crippen molar-refractivity contribution in [2.75, 3.05) is 47.5 Å². The van der Waals surface area contributed by atoms with Gasteiger partial charge in [-0.1, -0.05) is 276 Å². The number of nitrogens with zero attached hydrogens (tertiary/aromatic N) is 1. The van der Waals surface area contributed by atoms with Crippen LogP contribution in [0.25, 0.3) is 0 Å². The maximum absolute atomic E-state index is 12.9. The van der Waals surface area contributed by atoms with Gasteiger partial charge in [0.15, 0.2) is 12.4 Å². The molecule has 0 aliphatic carbocycles. The highest BCUT2D eigenvalue weighted by atomic mass is 16.7. The van der Waals surface area contributed by atoms with Gasteiger partial charge in [0.25, 0.3) is 0 Å². The SMILES string of the molecule is CCCCCCC/C=C\C/C=C\CCCCCCCCCCCCCCCCCCCC(=O)OC(COC(=O)CCCCCCCCCCCCCCCCCCCCC)COC(OCC[N+](C)(C)C)C(=O)[O-]. The van der Waals surface area contributed by atoms with Gasteiger partial charge in [0.05, 0.1) is 40.3 Å². The smallest absolute Gasteiger partial charge is 0.306 e. The number of allylic oxidation sites excluding steroid dienone is 4. The minimum atomic E-state index is -1.62. The van der Waals surface area contributed by atoms with Crippen LogP contribution in [0.1, 0.15) is 309 Å². The van der Waals surface area contributed by atoms with Crippen LogP contribution in [-0.2, 0) is 33.3 Å². The summed E-state index contributed by atoms with van der Waals surface area (Å²) in [5.41, 5.74) is 0. The number of carboxylic acids is 1. The lowest BCUT2D eigenvalue weighted by Crippen LogP contribution is -2.44. The van der Waals surface area contributed by atoms with Gasteiger partial charge in [-0.05, 0) is 44.9 Å². The Labute approximate surface area is 452 Å². The number of carbonyl (C=O) groups excluding carboxylic acids is 3. The van der Waals surface area contributed by atoms with Crippen LogP contribution in [-0.4, -0.2) is 82.3 Å². The summed E-state index contributed by atoms with van der Waals surface area (Å²) in [6.45, 7) is 4.80. The quantitative estimate of drug-likeness (QED) is 0.0195. The predicted molar refractivity (Wildman–Crippen MR) is 306 cm³/mol. The summed E-state index contributed by atoms with van der Waals surface area (Å²) in [5, 5.41) is 11.8. The Morgan fingerprint density at radius 1 is 0.411 bits per heavy atom. The average Bonchev–Trinajstić information content (AvgIpc) is 3.36. The van der Waals surface area contributed by atoms with Gasteiger partial charge in [0.2, 0.25) is 0 Å². The van der Waals surface area contributed by atoms with Crippen LogP contribution in [0.4, 0.5) is 0 Å². The molecule has 0 heterocycles. The molecule has 0 rings (SSSR count). The third-order valence-electron chi connectivity index (χ3n) is 14.2. The summed E-state index contributed by atoms with van der Waals surface area (Å²) in [6.07, 6.45) is 63.8. The van der Waals surface area contributed by atoms with E-state index in [2.05, 4.69) is 38.2 Å². The number of hydrogen-bond acceptors (Lipinski definition) is 8. The third kappa shape index (κ3) is 57.3. The Bertz CT molecular complexity index is 1250. The lowest BCUT2D eigenvalue weighted by atomic mass is 10.0. The molecular formula is C64H121NO8. The highest BCUT2D eigenvalue weighted by Gasteiger charge is 2.22. The Kier molecular flexibility index (Phi) is 54.3. The number of ether oxygens (including phenoxy) is 4. The second kappa shape index (κ2) is 56.0. The summed E-state index contributed by atoms with van der Waals surface area (Å²) in [7, 11) is 5.94. The summed E-state index contributed by atoms with van der Waals surface area (Å²) in [6, 6.07) is 0. The summed E-state index contributed by atoms with van der Waals surface area (Å²) >= 11 is 0. The van der Waals surface area contributed by atoms with E-state index in [0.29, 0.717) is 17.4 Å². The molecule has 2 atom stereocenters. The predicted octanol–water partition coefficient (Wildman–Crippen LogP) is 17.4. The fourth-order valence-corrected chi connectivity index (χ4v) is 9.33. The van der Waals surface area contributed by atoms with Gasteiger partial charge in [0.1, 0.15) is 13.2 Å². The van der Waals surface area contributed by atoms with Crippen molar-refractivity contribution in [1.29, 1.82) is 0 Å². The molecule has 9 heteroatoms. The zero-order valence-electron chi connectivity index (χ0n) is 49.0. The molecule has 0 aromatic rings. The van der Waals surface area contributed by atoms with E-state index in [0.717, 1.165) is 44.9 Å². The number of carboxylic acid groups (broad SMARTS) is 1. The normalized spacial score (nSPS) is 12.8. The number of aliphatic carboxylic acids is 1. The van der Waals surface area contributed by atoms with Crippen LogP contribution in [0.2, 0.25) is 0 Å². The van der Waals surface area contributed by atoms with Gasteiger partial charge < -0.3 is 33.3 Å². The first-order valence-corrected chi connectivity index (χ1v) is 31.5. The number of hydrogen-bond donors (Lipinski definition) is 0. The van der Waals surface area contributed by atoms with Gasteiger partial charge >= 0.3 is 11.9 Å². The van der Waals surface area contributed by atoms with Gasteiger partial charge in [-0.2, -0.15) is 0 Å². The number of rotatable bonds is 59. The minimum Gasteiger partial charge on any atom is -0.545 e. The molecule has 430 valence electrons. The van der Waals surface area contributed by atoms with E-state index in [4.69, 9.17) is 18.9 Å². The summed E-state index contributed by atoms with van der Waals surface area (Å²) in [5.74, 6) is -2.26. The second-order valence-corrected chi connectivity index (χ2v) is 22.7. The van der Waals surface area contributed by atoms with Crippen LogP contribution in [0, 0.1) is 0 Å². The fraction of sp³-hybridized carbons (Fsp3) is 0.891. The van der Waals surface area contributed by atoms with Crippen molar-refractivity contribution in [3.63, 3.8) is 0 Å². The molecule has 2 unspecified atom stereocenters. The lowest BCUT2D eigenvalue weighted by Gasteiger charge is -2.26. The Hall–Kier alpha value is -2.23. The van der Waals surface area contributed by atoms with Crippen LogP contribution >= 0.6 is 0 Å². The van der Waals surface area contributed by atoms with E-state index in [-0.39, 0.29) is 32.2 Å². The molecule has 0 aromatic carbocycles. The first kappa shape index (κ1) is 70.8. The number of carbonyl (C=O) groups is 3. The summed E-state index contributed by atoms with van der Waals surface area (Å²) < 4.78 is 22.8. The van der Waals surface area contributed by atoms with Crippen molar-refractivity contribution >= 4 is 17.9 Å². The van der Waals surface area contributed by atoms with Gasteiger partial charge in [-0.15, -0.1) is 0 Å². The topological polar surface area (TPSA) is 111 Å². The Balaban J connectivity index is 4.12. The lowest BCUT2D eigenvalue weighted by molar-refractivity contribution is -0.870. The van der Waals surface area contributed by atoms with Crippen LogP contribution in [0.3, 0.4) is 0 Å². The molecule has 9 nitrogen and oxygen atoms in total. The zero-order chi connectivity index (χ0) is 53.4.